The molecule has 4 rings (SSSR count). The lowest BCUT2D eigenvalue weighted by molar-refractivity contribution is -0.180. The Morgan fingerprint density at radius 1 is 1.32 bits per heavy atom. The number of carbonyl (C=O) groups is 2. The summed E-state index contributed by atoms with van der Waals surface area (Å²) < 4.78 is 15.4. The molecule has 0 amide bonds. The number of hydrogen-bond acceptors (Lipinski definition) is 5. The third-order valence-corrected chi connectivity index (χ3v) is 8.75. The van der Waals surface area contributed by atoms with E-state index in [1.165, 1.54) is 13.0 Å². The Labute approximate surface area is 164 Å². The molecule has 28 heavy (non-hydrogen) atoms. The fourth-order valence-corrected chi connectivity index (χ4v) is 7.23. The third kappa shape index (κ3) is 2.17. The fourth-order valence-electron chi connectivity index (χ4n) is 7.23. The molecule has 0 spiro atoms. The van der Waals surface area contributed by atoms with E-state index < -0.39 is 46.7 Å². The predicted octanol–water partition coefficient (Wildman–Crippen LogP) is 2.24. The number of halogens is 1. The summed E-state index contributed by atoms with van der Waals surface area (Å²) in [6.45, 7) is 4.37. The minimum absolute atomic E-state index is 0.0505. The Bertz CT molecular complexity index is 816. The van der Waals surface area contributed by atoms with Crippen LogP contribution >= 0.6 is 0 Å². The van der Waals surface area contributed by atoms with E-state index >= 15 is 4.39 Å². The van der Waals surface area contributed by atoms with Crippen molar-refractivity contribution in [3.8, 4) is 0 Å². The Kier molecular flexibility index (Phi) is 4.32. The number of ketones is 2. The van der Waals surface area contributed by atoms with Gasteiger partial charge in [-0.25, -0.2) is 4.39 Å². The molecule has 7 atom stereocenters. The van der Waals surface area contributed by atoms with Crippen molar-refractivity contribution in [2.45, 2.75) is 64.6 Å². The zero-order valence-electron chi connectivity index (χ0n) is 16.7. The van der Waals surface area contributed by atoms with E-state index in [1.807, 2.05) is 6.92 Å². The van der Waals surface area contributed by atoms with Crippen molar-refractivity contribution in [1.29, 1.82) is 0 Å². The molecule has 4 aliphatic rings. The number of allylic oxidation sites excluding steroid dienone is 4. The zero-order chi connectivity index (χ0) is 20.6. The molecule has 3 saturated carbocycles. The van der Waals surface area contributed by atoms with E-state index in [4.69, 9.17) is 0 Å². The van der Waals surface area contributed by atoms with Crippen LogP contribution in [0.5, 0.6) is 0 Å². The first-order chi connectivity index (χ1) is 13.0. The van der Waals surface area contributed by atoms with Gasteiger partial charge in [0.1, 0.15) is 18.0 Å². The van der Waals surface area contributed by atoms with Crippen molar-refractivity contribution in [2.24, 2.45) is 28.6 Å². The zero-order valence-corrected chi connectivity index (χ0v) is 16.7. The van der Waals surface area contributed by atoms with Gasteiger partial charge in [-0.3, -0.25) is 9.59 Å². The highest BCUT2D eigenvalue weighted by molar-refractivity contribution is 6.06. The SMILES string of the molecule is CC1=C(F)[C@@]2(C)C(=CC1=O)CC[C@@H]1[C@@H]2[C@@H](O)C[C@@]2(C)[C@H]1CC[C@]2(O)C(=O)CO. The molecule has 0 bridgehead atoms. The van der Waals surface area contributed by atoms with E-state index in [0.717, 1.165) is 5.57 Å². The number of aliphatic hydroxyl groups excluding tert-OH is 2. The fraction of sp³-hybridized carbons (Fsp3) is 0.727. The molecule has 3 N–H and O–H groups in total. The minimum atomic E-state index is -1.66. The highest BCUT2D eigenvalue weighted by Gasteiger charge is 2.69. The summed E-state index contributed by atoms with van der Waals surface area (Å²) in [5.41, 5.74) is -2.70. The predicted molar refractivity (Wildman–Crippen MR) is 99.7 cm³/mol. The summed E-state index contributed by atoms with van der Waals surface area (Å²) >= 11 is 0. The lowest BCUT2D eigenvalue weighted by Gasteiger charge is -2.59. The van der Waals surface area contributed by atoms with Gasteiger partial charge in [0.05, 0.1) is 6.10 Å². The molecule has 0 aromatic carbocycles. The van der Waals surface area contributed by atoms with Crippen LogP contribution in [0.3, 0.4) is 0 Å². The van der Waals surface area contributed by atoms with Crippen LogP contribution in [0.25, 0.3) is 0 Å². The van der Waals surface area contributed by atoms with Gasteiger partial charge in [0.25, 0.3) is 0 Å². The van der Waals surface area contributed by atoms with E-state index in [-0.39, 0.29) is 36.0 Å². The number of rotatable bonds is 2. The molecule has 0 aromatic heterocycles. The van der Waals surface area contributed by atoms with Gasteiger partial charge in [0.15, 0.2) is 11.6 Å². The van der Waals surface area contributed by atoms with Crippen LogP contribution in [-0.4, -0.2) is 45.2 Å². The van der Waals surface area contributed by atoms with Gasteiger partial charge in [0, 0.05) is 22.3 Å². The number of carbonyl (C=O) groups excluding carboxylic acids is 2. The maximum Gasteiger partial charge on any atom is 0.190 e. The van der Waals surface area contributed by atoms with Crippen LogP contribution in [0.1, 0.15) is 52.9 Å². The topological polar surface area (TPSA) is 94.8 Å². The summed E-state index contributed by atoms with van der Waals surface area (Å²) in [7, 11) is 0. The molecule has 0 radical (unpaired) electrons. The summed E-state index contributed by atoms with van der Waals surface area (Å²) in [6.07, 6.45) is 2.90. The first kappa shape index (κ1) is 19.9. The monoisotopic (exact) mass is 392 g/mol. The van der Waals surface area contributed by atoms with Crippen LogP contribution in [-0.2, 0) is 9.59 Å². The molecule has 5 nitrogen and oxygen atoms in total. The molecular formula is C22H29FO5. The number of fused-ring (bicyclic) bond motifs is 5. The average molecular weight is 392 g/mol. The summed E-state index contributed by atoms with van der Waals surface area (Å²) in [4.78, 5) is 24.5. The van der Waals surface area contributed by atoms with Crippen LogP contribution in [0.15, 0.2) is 23.0 Å². The maximum absolute atomic E-state index is 15.4. The molecule has 6 heteroatoms. The molecule has 0 unspecified atom stereocenters. The van der Waals surface area contributed by atoms with Crippen LogP contribution < -0.4 is 0 Å². The molecule has 0 heterocycles. The second-order valence-electron chi connectivity index (χ2n) is 9.68. The normalized spacial score (nSPS) is 48.0. The second-order valence-corrected chi connectivity index (χ2v) is 9.68. The Morgan fingerprint density at radius 3 is 2.64 bits per heavy atom. The maximum atomic E-state index is 15.4. The van der Waals surface area contributed by atoms with Gasteiger partial charge in [-0.05, 0) is 63.9 Å². The average Bonchev–Trinajstić information content (AvgIpc) is 2.92. The lowest BCUT2D eigenvalue weighted by Crippen LogP contribution is -2.62. The molecule has 3 fully saturated rings. The van der Waals surface area contributed by atoms with Gasteiger partial charge in [-0.15, -0.1) is 0 Å². The van der Waals surface area contributed by atoms with Gasteiger partial charge >= 0.3 is 0 Å². The first-order valence-corrected chi connectivity index (χ1v) is 10.2. The van der Waals surface area contributed by atoms with Gasteiger partial charge in [-0.2, -0.15) is 0 Å². The second kappa shape index (κ2) is 6.07. The molecule has 0 aliphatic heterocycles. The van der Waals surface area contributed by atoms with Gasteiger partial charge < -0.3 is 15.3 Å². The van der Waals surface area contributed by atoms with Crippen LogP contribution in [0, 0.1) is 28.6 Å². The summed E-state index contributed by atoms with van der Waals surface area (Å²) in [5, 5.41) is 31.8. The van der Waals surface area contributed by atoms with Crippen LogP contribution in [0.2, 0.25) is 0 Å². The third-order valence-electron chi connectivity index (χ3n) is 8.75. The lowest BCUT2D eigenvalue weighted by atomic mass is 9.45. The Hall–Kier alpha value is -1.37. The van der Waals surface area contributed by atoms with E-state index in [9.17, 15) is 24.9 Å². The Morgan fingerprint density at radius 2 is 2.00 bits per heavy atom. The summed E-state index contributed by atoms with van der Waals surface area (Å²) in [5.74, 6) is -1.88. The molecule has 154 valence electrons. The van der Waals surface area contributed by atoms with Crippen molar-refractivity contribution in [3.63, 3.8) is 0 Å². The smallest absolute Gasteiger partial charge is 0.190 e. The van der Waals surface area contributed by atoms with Crippen molar-refractivity contribution >= 4 is 11.6 Å². The van der Waals surface area contributed by atoms with Crippen molar-refractivity contribution in [2.75, 3.05) is 6.61 Å². The van der Waals surface area contributed by atoms with E-state index in [2.05, 4.69) is 0 Å². The molecular weight excluding hydrogens is 363 g/mol. The van der Waals surface area contributed by atoms with Crippen molar-refractivity contribution in [1.82, 2.24) is 0 Å². The number of Topliss-reactive ketones (excluding diaryl/α,β-unsaturated/α-hetero) is 1. The van der Waals surface area contributed by atoms with Crippen molar-refractivity contribution < 1.29 is 29.3 Å². The van der Waals surface area contributed by atoms with E-state index in [1.54, 1.807) is 6.92 Å². The van der Waals surface area contributed by atoms with Crippen LogP contribution in [0.4, 0.5) is 4.39 Å². The number of aliphatic hydroxyl groups is 3. The molecule has 4 aliphatic carbocycles. The summed E-state index contributed by atoms with van der Waals surface area (Å²) in [6, 6.07) is 0. The minimum Gasteiger partial charge on any atom is -0.393 e. The van der Waals surface area contributed by atoms with E-state index in [0.29, 0.717) is 19.3 Å². The highest BCUT2D eigenvalue weighted by atomic mass is 19.1. The number of hydrogen-bond donors (Lipinski definition) is 3. The van der Waals surface area contributed by atoms with Crippen molar-refractivity contribution in [3.05, 3.63) is 23.0 Å². The highest BCUT2D eigenvalue weighted by Crippen LogP contribution is 2.68. The standard InChI is InChI=1S/C22H29FO5/c1-11-15(25)8-12-4-5-13-14-6-7-22(28,17(27)10-24)20(14,2)9-16(26)18(13)21(12,3)19(11)23/h8,13-14,16,18,24,26,28H,4-7,9-10H2,1-3H3/t13-,14-,16-,18+,20-,21-,22-/m0/s1. The molecule has 0 aromatic rings. The first-order valence-electron chi connectivity index (χ1n) is 10.2. The van der Waals surface area contributed by atoms with Gasteiger partial charge in [-0.1, -0.05) is 12.5 Å². The Balaban J connectivity index is 1.80. The molecule has 0 saturated heterocycles. The largest absolute Gasteiger partial charge is 0.393 e. The van der Waals surface area contributed by atoms with Gasteiger partial charge in [0.2, 0.25) is 0 Å². The quantitative estimate of drug-likeness (QED) is 0.670.